The lowest BCUT2D eigenvalue weighted by Crippen LogP contribution is -1.86. The number of nitrogens with zero attached hydrogens (tertiary/aromatic N) is 1. The van der Waals surface area contributed by atoms with Crippen molar-refractivity contribution in [3.8, 4) is 0 Å². The van der Waals surface area contributed by atoms with Crippen LogP contribution in [-0.2, 0) is 7.05 Å². The molecular formula is C24H29N. The molecule has 0 fully saturated rings. The largest absolute Gasteiger partial charge is 0.344 e. The smallest absolute Gasteiger partial charge is 0.0488 e. The topological polar surface area (TPSA) is 4.93 Å². The molecule has 1 heterocycles. The Balaban J connectivity index is 0.000000211. The van der Waals surface area contributed by atoms with Crippen LogP contribution in [0, 0.1) is 20.8 Å². The van der Waals surface area contributed by atoms with Crippen molar-refractivity contribution in [2.75, 3.05) is 0 Å². The molecule has 0 saturated heterocycles. The average molecular weight is 332 g/mol. The molecule has 4 rings (SSSR count). The van der Waals surface area contributed by atoms with Crippen molar-refractivity contribution in [1.29, 1.82) is 0 Å². The standard InChI is InChI=1S/C15H15N.C7H8.C2H6/c1-10-4-6-14-12(8-10)13-9-11(2)5-7-15(13)16(14)3;1-7-5-3-2-4-6-7;1-2/h4-9H,1-3H3;2-6H,1H3;1-2H3. The van der Waals surface area contributed by atoms with Gasteiger partial charge in [-0.1, -0.05) is 73.0 Å². The Kier molecular flexibility index (Phi) is 6.41. The van der Waals surface area contributed by atoms with Crippen LogP contribution < -0.4 is 0 Å². The Bertz CT molecular complexity index is 887. The summed E-state index contributed by atoms with van der Waals surface area (Å²) in [6.45, 7) is 10.4. The van der Waals surface area contributed by atoms with Gasteiger partial charge in [-0.3, -0.25) is 0 Å². The predicted octanol–water partition coefficient (Wildman–Crippen LogP) is 6.97. The van der Waals surface area contributed by atoms with Crippen molar-refractivity contribution in [2.45, 2.75) is 34.6 Å². The highest BCUT2D eigenvalue weighted by atomic mass is 14.9. The monoisotopic (exact) mass is 331 g/mol. The zero-order valence-corrected chi connectivity index (χ0v) is 16.3. The molecule has 0 amide bonds. The number of aromatic nitrogens is 1. The average Bonchev–Trinajstić information content (AvgIpc) is 2.89. The van der Waals surface area contributed by atoms with Gasteiger partial charge >= 0.3 is 0 Å². The minimum absolute atomic E-state index is 1.31. The van der Waals surface area contributed by atoms with Crippen LogP contribution in [0.25, 0.3) is 21.8 Å². The minimum atomic E-state index is 1.31. The summed E-state index contributed by atoms with van der Waals surface area (Å²) in [4.78, 5) is 0. The minimum Gasteiger partial charge on any atom is -0.344 e. The van der Waals surface area contributed by atoms with Crippen LogP contribution in [-0.4, -0.2) is 4.57 Å². The van der Waals surface area contributed by atoms with Crippen molar-refractivity contribution < 1.29 is 0 Å². The van der Waals surface area contributed by atoms with Crippen molar-refractivity contribution in [3.63, 3.8) is 0 Å². The van der Waals surface area contributed by atoms with Crippen LogP contribution in [0.5, 0.6) is 0 Å². The van der Waals surface area contributed by atoms with E-state index in [1.807, 2.05) is 32.0 Å². The van der Waals surface area contributed by atoms with E-state index in [1.54, 1.807) is 0 Å². The summed E-state index contributed by atoms with van der Waals surface area (Å²) >= 11 is 0. The fourth-order valence-corrected chi connectivity index (χ4v) is 2.98. The molecule has 130 valence electrons. The first-order chi connectivity index (χ1) is 12.1. The maximum absolute atomic E-state index is 2.27. The van der Waals surface area contributed by atoms with Gasteiger partial charge in [0.15, 0.2) is 0 Å². The zero-order chi connectivity index (χ0) is 18.4. The normalized spacial score (nSPS) is 10.0. The molecule has 0 saturated carbocycles. The lowest BCUT2D eigenvalue weighted by molar-refractivity contribution is 1.01. The quantitative estimate of drug-likeness (QED) is 0.328. The Morgan fingerprint density at radius 3 is 1.36 bits per heavy atom. The van der Waals surface area contributed by atoms with Gasteiger partial charge in [0.25, 0.3) is 0 Å². The summed E-state index contributed by atoms with van der Waals surface area (Å²) in [6, 6.07) is 23.6. The summed E-state index contributed by atoms with van der Waals surface area (Å²) in [5.41, 5.74) is 6.59. The molecule has 3 aromatic carbocycles. The highest BCUT2D eigenvalue weighted by molar-refractivity contribution is 6.08. The SMILES string of the molecule is CC.Cc1ccc2c(c1)c1cc(C)ccc1n2C.Cc1ccccc1. The number of hydrogen-bond donors (Lipinski definition) is 0. The number of hydrogen-bond acceptors (Lipinski definition) is 0. The Morgan fingerprint density at radius 1 is 0.560 bits per heavy atom. The molecule has 0 bridgehead atoms. The third-order valence-corrected chi connectivity index (χ3v) is 4.26. The first kappa shape index (κ1) is 18.8. The molecule has 0 spiro atoms. The molecule has 0 atom stereocenters. The summed E-state index contributed by atoms with van der Waals surface area (Å²) in [6.07, 6.45) is 0. The van der Waals surface area contributed by atoms with Gasteiger partial charge in [-0.15, -0.1) is 0 Å². The second-order valence-corrected chi connectivity index (χ2v) is 6.25. The third kappa shape index (κ3) is 4.30. The van der Waals surface area contributed by atoms with E-state index in [9.17, 15) is 0 Å². The number of fused-ring (bicyclic) bond motifs is 3. The molecule has 1 nitrogen and oxygen atoms in total. The maximum Gasteiger partial charge on any atom is 0.0488 e. The van der Waals surface area contributed by atoms with Crippen molar-refractivity contribution in [2.24, 2.45) is 7.05 Å². The van der Waals surface area contributed by atoms with Crippen molar-refractivity contribution in [3.05, 3.63) is 83.4 Å². The van der Waals surface area contributed by atoms with E-state index in [2.05, 4.69) is 80.9 Å². The third-order valence-electron chi connectivity index (χ3n) is 4.26. The van der Waals surface area contributed by atoms with Gasteiger partial charge in [0, 0.05) is 28.9 Å². The first-order valence-electron chi connectivity index (χ1n) is 9.03. The van der Waals surface area contributed by atoms with Crippen LogP contribution in [0.15, 0.2) is 66.7 Å². The highest BCUT2D eigenvalue weighted by Gasteiger charge is 2.07. The van der Waals surface area contributed by atoms with Gasteiger partial charge in [-0.25, -0.2) is 0 Å². The summed E-state index contributed by atoms with van der Waals surface area (Å²) in [5, 5.41) is 2.72. The first-order valence-corrected chi connectivity index (χ1v) is 9.03. The molecule has 4 aromatic rings. The van der Waals surface area contributed by atoms with E-state index >= 15 is 0 Å². The van der Waals surface area contributed by atoms with E-state index in [4.69, 9.17) is 0 Å². The molecule has 0 aliphatic carbocycles. The lowest BCUT2D eigenvalue weighted by atomic mass is 10.1. The Labute approximate surface area is 151 Å². The molecule has 0 radical (unpaired) electrons. The van der Waals surface area contributed by atoms with Gasteiger partial charge in [0.1, 0.15) is 0 Å². The molecule has 0 unspecified atom stereocenters. The van der Waals surface area contributed by atoms with Crippen LogP contribution >= 0.6 is 0 Å². The van der Waals surface area contributed by atoms with Crippen molar-refractivity contribution >= 4 is 21.8 Å². The number of rotatable bonds is 0. The fraction of sp³-hybridized carbons (Fsp3) is 0.250. The van der Waals surface area contributed by atoms with Gasteiger partial charge in [0.2, 0.25) is 0 Å². The molecule has 1 heteroatoms. The van der Waals surface area contributed by atoms with E-state index < -0.39 is 0 Å². The molecule has 1 aromatic heterocycles. The molecule has 0 aliphatic rings. The Hall–Kier alpha value is -2.54. The van der Waals surface area contributed by atoms with Crippen LogP contribution in [0.1, 0.15) is 30.5 Å². The van der Waals surface area contributed by atoms with E-state index in [0.717, 1.165) is 0 Å². The molecule has 0 N–H and O–H groups in total. The van der Waals surface area contributed by atoms with Gasteiger partial charge in [0.05, 0.1) is 0 Å². The summed E-state index contributed by atoms with van der Waals surface area (Å²) in [5.74, 6) is 0. The van der Waals surface area contributed by atoms with Gasteiger partial charge in [-0.2, -0.15) is 0 Å². The molecule has 25 heavy (non-hydrogen) atoms. The lowest BCUT2D eigenvalue weighted by Gasteiger charge is -1.97. The fourth-order valence-electron chi connectivity index (χ4n) is 2.98. The van der Waals surface area contributed by atoms with E-state index in [1.165, 1.54) is 38.5 Å². The van der Waals surface area contributed by atoms with Gasteiger partial charge in [-0.05, 0) is 45.0 Å². The van der Waals surface area contributed by atoms with E-state index in [0.29, 0.717) is 0 Å². The molecule has 0 aliphatic heterocycles. The summed E-state index contributed by atoms with van der Waals surface area (Å²) in [7, 11) is 2.13. The maximum atomic E-state index is 2.27. The van der Waals surface area contributed by atoms with Crippen LogP contribution in [0.4, 0.5) is 0 Å². The second-order valence-electron chi connectivity index (χ2n) is 6.25. The second kappa shape index (κ2) is 8.53. The predicted molar refractivity (Wildman–Crippen MR) is 112 cm³/mol. The summed E-state index contributed by atoms with van der Waals surface area (Å²) < 4.78 is 2.27. The van der Waals surface area contributed by atoms with Crippen LogP contribution in [0.3, 0.4) is 0 Å². The Morgan fingerprint density at radius 2 is 1.00 bits per heavy atom. The zero-order valence-electron chi connectivity index (χ0n) is 16.3. The highest BCUT2D eigenvalue weighted by Crippen LogP contribution is 2.29. The molecular weight excluding hydrogens is 302 g/mol. The number of benzene rings is 3. The van der Waals surface area contributed by atoms with Crippen molar-refractivity contribution in [1.82, 2.24) is 4.57 Å². The number of aryl methyl sites for hydroxylation is 4. The van der Waals surface area contributed by atoms with Crippen LogP contribution in [0.2, 0.25) is 0 Å². The van der Waals surface area contributed by atoms with E-state index in [-0.39, 0.29) is 0 Å². The van der Waals surface area contributed by atoms with Gasteiger partial charge < -0.3 is 4.57 Å².